The van der Waals surface area contributed by atoms with Gasteiger partial charge in [-0.05, 0) is 17.7 Å². The van der Waals surface area contributed by atoms with Crippen LogP contribution in [0.15, 0.2) is 36.4 Å². The van der Waals surface area contributed by atoms with Gasteiger partial charge in [0.25, 0.3) is 0 Å². The van der Waals surface area contributed by atoms with Crippen molar-refractivity contribution in [3.8, 4) is 17.2 Å². The van der Waals surface area contributed by atoms with Gasteiger partial charge in [-0.1, -0.05) is 23.7 Å². The highest BCUT2D eigenvalue weighted by molar-refractivity contribution is 6.30. The molecule has 2 rings (SSSR count). The summed E-state index contributed by atoms with van der Waals surface area (Å²) in [4.78, 5) is 12.1. The largest absolute Gasteiger partial charge is 0.493 e. The lowest BCUT2D eigenvalue weighted by molar-refractivity contribution is -0.116. The van der Waals surface area contributed by atoms with Gasteiger partial charge in [0.05, 0.1) is 21.3 Å². The minimum absolute atomic E-state index is 0.108. The van der Waals surface area contributed by atoms with Gasteiger partial charge in [-0.15, -0.1) is 0 Å². The smallest absolute Gasteiger partial charge is 0.225 e. The van der Waals surface area contributed by atoms with Crippen LogP contribution >= 0.6 is 11.6 Å². The number of amides is 1. The highest BCUT2D eigenvalue weighted by Gasteiger charge is 2.14. The lowest BCUT2D eigenvalue weighted by atomic mass is 10.2. The Labute approximate surface area is 158 Å². The van der Waals surface area contributed by atoms with Crippen LogP contribution < -0.4 is 24.8 Å². The number of carbonyl (C=O) groups excluding carboxylic acids is 1. The zero-order valence-electron chi connectivity index (χ0n) is 15.1. The molecule has 0 fully saturated rings. The normalized spacial score (nSPS) is 10.3. The summed E-state index contributed by atoms with van der Waals surface area (Å²) in [5, 5.41) is 6.77. The van der Waals surface area contributed by atoms with Crippen molar-refractivity contribution in [3.05, 3.63) is 47.0 Å². The van der Waals surface area contributed by atoms with E-state index in [1.165, 1.54) is 21.3 Å². The number of rotatable bonds is 9. The van der Waals surface area contributed by atoms with Gasteiger partial charge < -0.3 is 24.8 Å². The molecule has 0 saturated carbocycles. The summed E-state index contributed by atoms with van der Waals surface area (Å²) >= 11 is 5.85. The first-order chi connectivity index (χ1) is 12.6. The molecule has 6 nitrogen and oxygen atoms in total. The predicted octanol–water partition coefficient (Wildman–Crippen LogP) is 3.48. The summed E-state index contributed by atoms with van der Waals surface area (Å²) in [5.74, 6) is 1.35. The van der Waals surface area contributed by atoms with Crippen LogP contribution in [0.1, 0.15) is 12.0 Å². The SMILES string of the molecule is COc1cc(NC(=O)CCNCc2ccc(Cl)cc2)cc(OC)c1OC. The molecule has 2 aromatic carbocycles. The Bertz CT molecular complexity index is 710. The van der Waals surface area contributed by atoms with E-state index in [1.807, 2.05) is 24.3 Å². The molecule has 0 saturated heterocycles. The van der Waals surface area contributed by atoms with Gasteiger partial charge in [0.2, 0.25) is 11.7 Å². The van der Waals surface area contributed by atoms with Gasteiger partial charge >= 0.3 is 0 Å². The van der Waals surface area contributed by atoms with Crippen LogP contribution in [0, 0.1) is 0 Å². The van der Waals surface area contributed by atoms with Crippen LogP contribution in [0.2, 0.25) is 5.02 Å². The molecular formula is C19H23ClN2O4. The first kappa shape index (κ1) is 19.9. The van der Waals surface area contributed by atoms with E-state index in [1.54, 1.807) is 12.1 Å². The number of carbonyl (C=O) groups is 1. The second kappa shape index (κ2) is 9.89. The zero-order valence-corrected chi connectivity index (χ0v) is 15.9. The van der Waals surface area contributed by atoms with E-state index in [0.29, 0.717) is 47.5 Å². The molecule has 0 atom stereocenters. The van der Waals surface area contributed by atoms with Crippen molar-refractivity contribution in [2.45, 2.75) is 13.0 Å². The summed E-state index contributed by atoms with van der Waals surface area (Å²) in [7, 11) is 4.60. The third-order valence-corrected chi connectivity index (χ3v) is 3.97. The van der Waals surface area contributed by atoms with Gasteiger partial charge in [0.15, 0.2) is 11.5 Å². The average Bonchev–Trinajstić information content (AvgIpc) is 2.65. The number of halogens is 1. The molecule has 0 aliphatic carbocycles. The van der Waals surface area contributed by atoms with E-state index < -0.39 is 0 Å². The van der Waals surface area contributed by atoms with Gasteiger partial charge in [0.1, 0.15) is 0 Å². The van der Waals surface area contributed by atoms with E-state index >= 15 is 0 Å². The lowest BCUT2D eigenvalue weighted by Gasteiger charge is -2.14. The Kier molecular flexibility index (Phi) is 7.56. The molecule has 0 spiro atoms. The maximum absolute atomic E-state index is 12.1. The fourth-order valence-corrected chi connectivity index (χ4v) is 2.54. The maximum Gasteiger partial charge on any atom is 0.225 e. The monoisotopic (exact) mass is 378 g/mol. The number of anilines is 1. The highest BCUT2D eigenvalue weighted by atomic mass is 35.5. The lowest BCUT2D eigenvalue weighted by Crippen LogP contribution is -2.21. The Balaban J connectivity index is 1.86. The first-order valence-electron chi connectivity index (χ1n) is 8.12. The molecule has 0 unspecified atom stereocenters. The molecule has 0 aliphatic heterocycles. The van der Waals surface area contributed by atoms with Crippen LogP contribution in [-0.2, 0) is 11.3 Å². The quantitative estimate of drug-likeness (QED) is 0.654. The Morgan fingerprint density at radius 3 is 2.15 bits per heavy atom. The van der Waals surface area contributed by atoms with Crippen molar-refractivity contribution in [3.63, 3.8) is 0 Å². The van der Waals surface area contributed by atoms with Crippen molar-refractivity contribution >= 4 is 23.2 Å². The number of nitrogens with one attached hydrogen (secondary N) is 2. The third-order valence-electron chi connectivity index (χ3n) is 3.72. The summed E-state index contributed by atoms with van der Waals surface area (Å²) in [6.45, 7) is 1.23. The van der Waals surface area contributed by atoms with Crippen LogP contribution in [0.3, 0.4) is 0 Å². The van der Waals surface area contributed by atoms with Gasteiger partial charge in [0, 0.05) is 42.4 Å². The van der Waals surface area contributed by atoms with Crippen molar-refractivity contribution in [2.75, 3.05) is 33.2 Å². The predicted molar refractivity (Wildman–Crippen MR) is 103 cm³/mol. The summed E-state index contributed by atoms with van der Waals surface area (Å²) < 4.78 is 15.8. The van der Waals surface area contributed by atoms with Crippen LogP contribution in [-0.4, -0.2) is 33.8 Å². The molecule has 140 valence electrons. The van der Waals surface area contributed by atoms with Gasteiger partial charge in [-0.2, -0.15) is 0 Å². The van der Waals surface area contributed by atoms with E-state index in [-0.39, 0.29) is 5.91 Å². The van der Waals surface area contributed by atoms with Crippen molar-refractivity contribution in [1.82, 2.24) is 5.32 Å². The summed E-state index contributed by atoms with van der Waals surface area (Å²) in [6, 6.07) is 11.0. The van der Waals surface area contributed by atoms with Crippen molar-refractivity contribution in [1.29, 1.82) is 0 Å². The maximum atomic E-state index is 12.1. The number of ether oxygens (including phenoxy) is 3. The minimum atomic E-state index is -0.108. The van der Waals surface area contributed by atoms with Gasteiger partial charge in [-0.3, -0.25) is 4.79 Å². The average molecular weight is 379 g/mol. The second-order valence-corrected chi connectivity index (χ2v) is 5.95. The Morgan fingerprint density at radius 1 is 1.00 bits per heavy atom. The van der Waals surface area contributed by atoms with E-state index in [4.69, 9.17) is 25.8 Å². The Morgan fingerprint density at radius 2 is 1.62 bits per heavy atom. The van der Waals surface area contributed by atoms with Crippen LogP contribution in [0.5, 0.6) is 17.2 Å². The second-order valence-electron chi connectivity index (χ2n) is 5.52. The molecule has 7 heteroatoms. The number of methoxy groups -OCH3 is 3. The summed E-state index contributed by atoms with van der Waals surface area (Å²) in [6.07, 6.45) is 0.338. The molecule has 0 aromatic heterocycles. The van der Waals surface area contributed by atoms with E-state index in [9.17, 15) is 4.79 Å². The standard InChI is InChI=1S/C19H23ClN2O4/c1-24-16-10-15(11-17(25-2)19(16)26-3)22-18(23)8-9-21-12-13-4-6-14(20)7-5-13/h4-7,10-11,21H,8-9,12H2,1-3H3,(H,22,23). The molecule has 0 heterocycles. The molecule has 2 aromatic rings. The topological polar surface area (TPSA) is 68.8 Å². The zero-order chi connectivity index (χ0) is 18.9. The summed E-state index contributed by atoms with van der Waals surface area (Å²) in [5.41, 5.74) is 1.70. The van der Waals surface area contributed by atoms with Crippen molar-refractivity contribution < 1.29 is 19.0 Å². The minimum Gasteiger partial charge on any atom is -0.493 e. The molecule has 26 heavy (non-hydrogen) atoms. The van der Waals surface area contributed by atoms with Crippen LogP contribution in [0.4, 0.5) is 5.69 Å². The molecular weight excluding hydrogens is 356 g/mol. The number of hydrogen-bond acceptors (Lipinski definition) is 5. The van der Waals surface area contributed by atoms with E-state index in [2.05, 4.69) is 10.6 Å². The number of benzene rings is 2. The highest BCUT2D eigenvalue weighted by Crippen LogP contribution is 2.39. The fraction of sp³-hybridized carbons (Fsp3) is 0.316. The van der Waals surface area contributed by atoms with Crippen LogP contribution in [0.25, 0.3) is 0 Å². The molecule has 1 amide bonds. The molecule has 0 aliphatic rings. The first-order valence-corrected chi connectivity index (χ1v) is 8.50. The molecule has 0 radical (unpaired) electrons. The van der Waals surface area contributed by atoms with Crippen molar-refractivity contribution in [2.24, 2.45) is 0 Å². The number of hydrogen-bond donors (Lipinski definition) is 2. The third kappa shape index (κ3) is 5.54. The molecule has 2 N–H and O–H groups in total. The molecule has 0 bridgehead atoms. The van der Waals surface area contributed by atoms with E-state index in [0.717, 1.165) is 5.56 Å². The fourth-order valence-electron chi connectivity index (χ4n) is 2.41. The Hall–Kier alpha value is -2.44. The van der Waals surface area contributed by atoms with Gasteiger partial charge in [-0.25, -0.2) is 0 Å².